The summed E-state index contributed by atoms with van der Waals surface area (Å²) in [7, 11) is 0. The molecule has 0 aliphatic rings. The number of fused-ring (bicyclic) bond motifs is 2. The molecule has 0 spiro atoms. The minimum atomic E-state index is 0.886. The van der Waals surface area contributed by atoms with Crippen molar-refractivity contribution in [3.8, 4) is 22.6 Å². The summed E-state index contributed by atoms with van der Waals surface area (Å²) in [6.07, 6.45) is 13.3. The first-order valence-corrected chi connectivity index (χ1v) is 10.1. The predicted molar refractivity (Wildman–Crippen MR) is 127 cm³/mol. The zero-order valence-corrected chi connectivity index (χ0v) is 17.1. The lowest BCUT2D eigenvalue weighted by molar-refractivity contribution is 1.12. The van der Waals surface area contributed by atoms with Gasteiger partial charge in [0.1, 0.15) is 5.69 Å². The Balaban J connectivity index is 1.65. The van der Waals surface area contributed by atoms with Crippen LogP contribution in [-0.2, 0) is 0 Å². The number of H-pyrrole nitrogens is 2. The van der Waals surface area contributed by atoms with Crippen molar-refractivity contribution in [3.05, 3.63) is 97.5 Å². The molecule has 150 valence electrons. The van der Waals surface area contributed by atoms with Crippen molar-refractivity contribution in [2.45, 2.75) is 6.92 Å². The Bertz CT molecular complexity index is 1450. The molecule has 1 aromatic carbocycles. The Hall–Kier alpha value is -4.25. The summed E-state index contributed by atoms with van der Waals surface area (Å²) < 4.78 is 0. The van der Waals surface area contributed by atoms with Crippen LogP contribution in [-0.4, -0.2) is 25.1 Å². The first kappa shape index (κ1) is 18.8. The lowest BCUT2D eigenvalue weighted by Crippen LogP contribution is -1.84. The van der Waals surface area contributed by atoms with Gasteiger partial charge in [0.05, 0.1) is 16.9 Å². The molecule has 0 fully saturated rings. The van der Waals surface area contributed by atoms with Gasteiger partial charge in [-0.1, -0.05) is 36.9 Å². The SMILES string of the molecule is C=C/C=C\C(=C/C)c1ccc2[nH]nc(-c3cc4c(-c5ccncc5)nccc4[nH]3)c2c1. The summed E-state index contributed by atoms with van der Waals surface area (Å²) >= 11 is 0. The van der Waals surface area contributed by atoms with Crippen LogP contribution in [0.1, 0.15) is 12.5 Å². The van der Waals surface area contributed by atoms with Crippen LogP contribution in [0.4, 0.5) is 0 Å². The van der Waals surface area contributed by atoms with Gasteiger partial charge < -0.3 is 4.98 Å². The van der Waals surface area contributed by atoms with Gasteiger partial charge in [-0.05, 0) is 54.5 Å². The van der Waals surface area contributed by atoms with Gasteiger partial charge in [0, 0.05) is 40.4 Å². The fourth-order valence-corrected chi connectivity index (χ4v) is 3.85. The van der Waals surface area contributed by atoms with E-state index in [0.29, 0.717) is 0 Å². The van der Waals surface area contributed by atoms with E-state index in [9.17, 15) is 0 Å². The van der Waals surface area contributed by atoms with Crippen LogP contribution < -0.4 is 0 Å². The zero-order chi connectivity index (χ0) is 21.2. The smallest absolute Gasteiger partial charge is 0.116 e. The highest BCUT2D eigenvalue weighted by Crippen LogP contribution is 2.33. The van der Waals surface area contributed by atoms with Gasteiger partial charge >= 0.3 is 0 Å². The van der Waals surface area contributed by atoms with Gasteiger partial charge in [-0.2, -0.15) is 5.10 Å². The Labute approximate surface area is 179 Å². The number of aromatic amines is 2. The number of nitrogens with one attached hydrogen (secondary N) is 2. The minimum Gasteiger partial charge on any atom is -0.353 e. The van der Waals surface area contributed by atoms with E-state index < -0.39 is 0 Å². The third kappa shape index (κ3) is 3.36. The molecule has 0 aliphatic heterocycles. The Morgan fingerprint density at radius 2 is 1.77 bits per heavy atom. The number of allylic oxidation sites excluding steroid dienone is 5. The molecule has 0 unspecified atom stereocenters. The van der Waals surface area contributed by atoms with Crippen LogP contribution in [0.25, 0.3) is 50.0 Å². The van der Waals surface area contributed by atoms with Crippen LogP contribution in [0.5, 0.6) is 0 Å². The summed E-state index contributed by atoms with van der Waals surface area (Å²) in [5.74, 6) is 0. The highest BCUT2D eigenvalue weighted by molar-refractivity contribution is 6.00. The summed E-state index contributed by atoms with van der Waals surface area (Å²) in [4.78, 5) is 12.2. The molecule has 5 aromatic rings. The molecule has 0 radical (unpaired) electrons. The number of nitrogens with zero attached hydrogens (tertiary/aromatic N) is 3. The van der Waals surface area contributed by atoms with Crippen molar-refractivity contribution in [1.29, 1.82) is 0 Å². The number of hydrogen-bond donors (Lipinski definition) is 2. The molecule has 0 saturated heterocycles. The van der Waals surface area contributed by atoms with Crippen molar-refractivity contribution >= 4 is 27.4 Å². The summed E-state index contributed by atoms with van der Waals surface area (Å²) in [6, 6.07) is 14.4. The van der Waals surface area contributed by atoms with Crippen LogP contribution in [0.15, 0.2) is 91.9 Å². The van der Waals surface area contributed by atoms with Crippen molar-refractivity contribution < 1.29 is 0 Å². The molecule has 0 saturated carbocycles. The average molecular weight is 403 g/mol. The fourth-order valence-electron chi connectivity index (χ4n) is 3.85. The average Bonchev–Trinajstić information content (AvgIpc) is 3.43. The second-order valence-electron chi connectivity index (χ2n) is 7.21. The molecule has 0 bridgehead atoms. The van der Waals surface area contributed by atoms with E-state index in [1.54, 1.807) is 18.5 Å². The molecule has 5 nitrogen and oxygen atoms in total. The largest absolute Gasteiger partial charge is 0.353 e. The number of aromatic nitrogens is 5. The molecule has 0 atom stereocenters. The summed E-state index contributed by atoms with van der Waals surface area (Å²) in [5, 5.41) is 9.89. The van der Waals surface area contributed by atoms with Gasteiger partial charge in [-0.3, -0.25) is 15.1 Å². The first-order chi connectivity index (χ1) is 15.3. The summed E-state index contributed by atoms with van der Waals surface area (Å²) in [6.45, 7) is 5.80. The van der Waals surface area contributed by atoms with E-state index >= 15 is 0 Å². The number of rotatable bonds is 5. The molecule has 2 N–H and O–H groups in total. The molecular weight excluding hydrogens is 382 g/mol. The molecule has 31 heavy (non-hydrogen) atoms. The van der Waals surface area contributed by atoms with Gasteiger partial charge in [0.15, 0.2) is 0 Å². The van der Waals surface area contributed by atoms with Gasteiger partial charge in [0.2, 0.25) is 0 Å². The van der Waals surface area contributed by atoms with Crippen molar-refractivity contribution in [1.82, 2.24) is 25.1 Å². The fraction of sp³-hybridized carbons (Fsp3) is 0.0385. The predicted octanol–water partition coefficient (Wildman–Crippen LogP) is 6.31. The van der Waals surface area contributed by atoms with E-state index in [2.05, 4.69) is 68.1 Å². The van der Waals surface area contributed by atoms with Gasteiger partial charge in [-0.25, -0.2) is 0 Å². The minimum absolute atomic E-state index is 0.886. The van der Waals surface area contributed by atoms with Gasteiger partial charge in [0.25, 0.3) is 0 Å². The molecule has 4 aromatic heterocycles. The Morgan fingerprint density at radius 1 is 0.935 bits per heavy atom. The van der Waals surface area contributed by atoms with E-state index in [1.165, 1.54) is 0 Å². The normalized spacial score (nSPS) is 12.2. The maximum atomic E-state index is 4.61. The Kier molecular flexibility index (Phi) is 4.77. The first-order valence-electron chi connectivity index (χ1n) is 10.1. The maximum absolute atomic E-state index is 4.61. The van der Waals surface area contributed by atoms with Crippen LogP contribution >= 0.6 is 0 Å². The molecular formula is C26H21N5. The zero-order valence-electron chi connectivity index (χ0n) is 17.1. The number of pyridine rings is 2. The highest BCUT2D eigenvalue weighted by atomic mass is 15.1. The molecule has 5 heteroatoms. The van der Waals surface area contributed by atoms with Crippen LogP contribution in [0.3, 0.4) is 0 Å². The quantitative estimate of drug-likeness (QED) is 0.338. The standard InChI is InChI=1S/C26H21N5/c1-3-5-6-17(4-2)19-7-8-23-20(15-19)26(31-30-23)24-16-21-22(29-24)11-14-28-25(21)18-9-12-27-13-10-18/h3-16,29H,1H2,2H3,(H,30,31)/b6-5-,17-4+. The third-order valence-electron chi connectivity index (χ3n) is 5.38. The van der Waals surface area contributed by atoms with Crippen LogP contribution in [0.2, 0.25) is 0 Å². The topological polar surface area (TPSA) is 70.2 Å². The monoisotopic (exact) mass is 403 g/mol. The van der Waals surface area contributed by atoms with Crippen molar-refractivity contribution in [2.75, 3.05) is 0 Å². The second kappa shape index (κ2) is 7.88. The van der Waals surface area contributed by atoms with E-state index in [0.717, 1.165) is 55.6 Å². The van der Waals surface area contributed by atoms with E-state index in [-0.39, 0.29) is 0 Å². The second-order valence-corrected chi connectivity index (χ2v) is 7.21. The van der Waals surface area contributed by atoms with E-state index in [1.807, 2.05) is 37.4 Å². The number of benzene rings is 1. The lowest BCUT2D eigenvalue weighted by atomic mass is 10.0. The third-order valence-corrected chi connectivity index (χ3v) is 5.38. The van der Waals surface area contributed by atoms with E-state index in [4.69, 9.17) is 0 Å². The molecule has 0 amide bonds. The lowest BCUT2D eigenvalue weighted by Gasteiger charge is -2.03. The molecule has 0 aliphatic carbocycles. The van der Waals surface area contributed by atoms with Gasteiger partial charge in [-0.15, -0.1) is 0 Å². The number of hydrogen-bond acceptors (Lipinski definition) is 3. The Morgan fingerprint density at radius 3 is 2.58 bits per heavy atom. The molecule has 5 rings (SSSR count). The van der Waals surface area contributed by atoms with Crippen molar-refractivity contribution in [3.63, 3.8) is 0 Å². The van der Waals surface area contributed by atoms with Crippen molar-refractivity contribution in [2.24, 2.45) is 0 Å². The summed E-state index contributed by atoms with van der Waals surface area (Å²) in [5.41, 5.74) is 8.07. The maximum Gasteiger partial charge on any atom is 0.116 e. The van der Waals surface area contributed by atoms with Crippen LogP contribution in [0, 0.1) is 0 Å². The highest BCUT2D eigenvalue weighted by Gasteiger charge is 2.14. The molecule has 4 heterocycles.